The first-order valence-electron chi connectivity index (χ1n) is 9.89. The van der Waals surface area contributed by atoms with Crippen molar-refractivity contribution in [3.05, 3.63) is 71.3 Å². The molecule has 154 valence electrons. The van der Waals surface area contributed by atoms with Gasteiger partial charge in [-0.15, -0.1) is 0 Å². The van der Waals surface area contributed by atoms with Crippen molar-refractivity contribution in [3.63, 3.8) is 0 Å². The average molecular weight is 412 g/mol. The average Bonchev–Trinajstić information content (AvgIpc) is 3.02. The molecule has 4 atom stereocenters. The lowest BCUT2D eigenvalue weighted by Crippen LogP contribution is -2.41. The van der Waals surface area contributed by atoms with E-state index in [-0.39, 0.29) is 33.9 Å². The molecule has 0 saturated heterocycles. The highest BCUT2D eigenvalue weighted by molar-refractivity contribution is 7.84. The second-order valence-electron chi connectivity index (χ2n) is 8.81. The first-order chi connectivity index (χ1) is 13.3. The zero-order valence-electron chi connectivity index (χ0n) is 17.4. The van der Waals surface area contributed by atoms with Crippen molar-refractivity contribution in [2.45, 2.75) is 44.9 Å². The third-order valence-corrected chi connectivity index (χ3v) is 7.50. The SMILES string of the molecule is C[C@H]1[C@@H]2CC(=O)C(c3ccccc3)=C2c2ccccc2[C@H]1N[S@](=O)C(C)(C)C.O. The van der Waals surface area contributed by atoms with Gasteiger partial charge in [0.1, 0.15) is 0 Å². The predicted octanol–water partition coefficient (Wildman–Crippen LogP) is 4.10. The molecule has 0 heterocycles. The smallest absolute Gasteiger partial charge is 0.164 e. The Hall–Kier alpha value is -2.08. The van der Waals surface area contributed by atoms with Crippen molar-refractivity contribution < 1.29 is 14.5 Å². The Morgan fingerprint density at radius 1 is 1.00 bits per heavy atom. The van der Waals surface area contributed by atoms with Gasteiger partial charge in [0.05, 0.1) is 15.7 Å². The van der Waals surface area contributed by atoms with Gasteiger partial charge in [-0.25, -0.2) is 8.93 Å². The Bertz CT molecular complexity index is 975. The normalized spacial score (nSPS) is 24.6. The molecule has 3 N–H and O–H groups in total. The number of rotatable bonds is 3. The monoisotopic (exact) mass is 411 g/mol. The molecule has 0 bridgehead atoms. The molecule has 0 spiro atoms. The summed E-state index contributed by atoms with van der Waals surface area (Å²) < 4.78 is 15.9. The Morgan fingerprint density at radius 2 is 1.62 bits per heavy atom. The summed E-state index contributed by atoms with van der Waals surface area (Å²) in [6.07, 6.45) is 0.523. The van der Waals surface area contributed by atoms with Crippen molar-refractivity contribution in [3.8, 4) is 0 Å². The van der Waals surface area contributed by atoms with E-state index in [0.717, 1.165) is 22.3 Å². The fourth-order valence-electron chi connectivity index (χ4n) is 4.44. The zero-order valence-corrected chi connectivity index (χ0v) is 18.2. The Morgan fingerprint density at radius 3 is 2.28 bits per heavy atom. The van der Waals surface area contributed by atoms with E-state index in [0.29, 0.717) is 6.42 Å². The van der Waals surface area contributed by atoms with Gasteiger partial charge >= 0.3 is 0 Å². The van der Waals surface area contributed by atoms with E-state index in [1.54, 1.807) is 0 Å². The molecule has 2 aliphatic carbocycles. The number of carbonyl (C=O) groups excluding carboxylic acids is 1. The van der Waals surface area contributed by atoms with Crippen LogP contribution in [0.4, 0.5) is 0 Å². The minimum atomic E-state index is -1.18. The molecule has 2 aromatic carbocycles. The van der Waals surface area contributed by atoms with Crippen LogP contribution in [0.5, 0.6) is 0 Å². The number of hydrogen-bond acceptors (Lipinski definition) is 2. The van der Waals surface area contributed by atoms with Crippen LogP contribution in [0, 0.1) is 11.8 Å². The van der Waals surface area contributed by atoms with Gasteiger partial charge in [-0.1, -0.05) is 61.5 Å². The van der Waals surface area contributed by atoms with E-state index < -0.39 is 11.0 Å². The summed E-state index contributed by atoms with van der Waals surface area (Å²) in [5, 5.41) is 0. The highest BCUT2D eigenvalue weighted by atomic mass is 32.2. The molecule has 0 fully saturated rings. The largest absolute Gasteiger partial charge is 0.412 e. The molecule has 2 aliphatic rings. The van der Waals surface area contributed by atoms with Gasteiger partial charge in [0, 0.05) is 18.0 Å². The quantitative estimate of drug-likeness (QED) is 0.825. The minimum Gasteiger partial charge on any atom is -0.412 e. The van der Waals surface area contributed by atoms with Crippen molar-refractivity contribution >= 4 is 27.9 Å². The van der Waals surface area contributed by atoms with Gasteiger partial charge < -0.3 is 5.48 Å². The van der Waals surface area contributed by atoms with Crippen molar-refractivity contribution in [2.24, 2.45) is 11.8 Å². The molecule has 2 aromatic rings. The lowest BCUT2D eigenvalue weighted by atomic mass is 9.71. The van der Waals surface area contributed by atoms with E-state index in [9.17, 15) is 9.00 Å². The summed E-state index contributed by atoms with van der Waals surface area (Å²) in [7, 11) is -1.18. The molecule has 4 rings (SSSR count). The van der Waals surface area contributed by atoms with Crippen molar-refractivity contribution in [1.29, 1.82) is 0 Å². The lowest BCUT2D eigenvalue weighted by molar-refractivity contribution is -0.113. The van der Waals surface area contributed by atoms with Crippen LogP contribution in [0.15, 0.2) is 54.6 Å². The van der Waals surface area contributed by atoms with Gasteiger partial charge in [-0.05, 0) is 54.9 Å². The van der Waals surface area contributed by atoms with Crippen molar-refractivity contribution in [1.82, 2.24) is 4.72 Å². The number of benzene rings is 2. The topological polar surface area (TPSA) is 77.7 Å². The number of Topliss-reactive ketones (excluding diaryl/α,β-unsaturated/α-hetero) is 1. The molecule has 0 saturated carbocycles. The van der Waals surface area contributed by atoms with Gasteiger partial charge in [0.25, 0.3) is 0 Å². The predicted molar refractivity (Wildman–Crippen MR) is 119 cm³/mol. The summed E-state index contributed by atoms with van der Waals surface area (Å²) in [6, 6.07) is 18.2. The first-order valence-corrected chi connectivity index (χ1v) is 11.0. The summed E-state index contributed by atoms with van der Waals surface area (Å²) in [6.45, 7) is 8.12. The summed E-state index contributed by atoms with van der Waals surface area (Å²) in [5.74, 6) is 0.541. The third kappa shape index (κ3) is 3.75. The van der Waals surface area contributed by atoms with E-state index in [1.165, 1.54) is 5.57 Å². The van der Waals surface area contributed by atoms with Gasteiger partial charge in [0.2, 0.25) is 0 Å². The molecule has 5 heteroatoms. The minimum absolute atomic E-state index is 0. The zero-order chi connectivity index (χ0) is 20.1. The van der Waals surface area contributed by atoms with Crippen LogP contribution in [0.3, 0.4) is 0 Å². The number of nitrogens with one attached hydrogen (secondary N) is 1. The Kier molecular flexibility index (Phi) is 5.95. The molecule has 4 nitrogen and oxygen atoms in total. The van der Waals surface area contributed by atoms with Gasteiger partial charge in [-0.2, -0.15) is 0 Å². The Balaban J connectivity index is 0.00000240. The van der Waals surface area contributed by atoms with Crippen LogP contribution >= 0.6 is 0 Å². The van der Waals surface area contributed by atoms with Crippen LogP contribution in [0.25, 0.3) is 11.1 Å². The molecule has 0 radical (unpaired) electrons. The van der Waals surface area contributed by atoms with Gasteiger partial charge in [0.15, 0.2) is 5.78 Å². The maximum Gasteiger partial charge on any atom is 0.164 e. The molecule has 0 amide bonds. The fraction of sp³-hybridized carbons (Fsp3) is 0.375. The van der Waals surface area contributed by atoms with Crippen LogP contribution in [-0.2, 0) is 15.8 Å². The maximum absolute atomic E-state index is 13.0. The standard InChI is InChI=1S/C24H27NO2S.H2O/c1-15-19-14-20(26)21(16-10-6-5-7-11-16)22(19)17-12-8-9-13-18(17)23(15)25-28(27)24(2,3)4;/h5-13,15,19,23,25H,14H2,1-4H3;1H2/t15-,19-,23-,28+;/m0./s1. The molecule has 0 unspecified atom stereocenters. The highest BCUT2D eigenvalue weighted by Gasteiger charge is 2.45. The second-order valence-corrected chi connectivity index (χ2v) is 10.8. The fourth-order valence-corrected chi connectivity index (χ4v) is 5.36. The molecule has 0 aliphatic heterocycles. The first kappa shape index (κ1) is 21.6. The summed E-state index contributed by atoms with van der Waals surface area (Å²) >= 11 is 0. The van der Waals surface area contributed by atoms with E-state index in [2.05, 4.69) is 23.8 Å². The van der Waals surface area contributed by atoms with E-state index >= 15 is 0 Å². The highest BCUT2D eigenvalue weighted by Crippen LogP contribution is 2.53. The maximum atomic E-state index is 13.0. The molecule has 0 aromatic heterocycles. The molecule has 29 heavy (non-hydrogen) atoms. The summed E-state index contributed by atoms with van der Waals surface area (Å²) in [5.41, 5.74) is 5.29. The molecular weight excluding hydrogens is 382 g/mol. The molecular formula is C24H29NO3S. The number of allylic oxidation sites excluding steroid dienone is 2. The van der Waals surface area contributed by atoms with Crippen LogP contribution in [0.2, 0.25) is 0 Å². The van der Waals surface area contributed by atoms with Crippen LogP contribution in [-0.4, -0.2) is 20.2 Å². The number of fused-ring (bicyclic) bond motifs is 3. The Labute approximate surface area is 175 Å². The number of hydrogen-bond donors (Lipinski definition) is 1. The number of carbonyl (C=O) groups is 1. The number of ketones is 1. The lowest BCUT2D eigenvalue weighted by Gasteiger charge is -2.39. The summed E-state index contributed by atoms with van der Waals surface area (Å²) in [4.78, 5) is 13.0. The van der Waals surface area contributed by atoms with Crippen molar-refractivity contribution in [2.75, 3.05) is 0 Å². The van der Waals surface area contributed by atoms with E-state index in [4.69, 9.17) is 0 Å². The third-order valence-electron chi connectivity index (χ3n) is 5.92. The van der Waals surface area contributed by atoms with Gasteiger partial charge in [-0.3, -0.25) is 4.79 Å². The van der Waals surface area contributed by atoms with Crippen LogP contribution < -0.4 is 4.72 Å². The van der Waals surface area contributed by atoms with E-state index in [1.807, 2.05) is 63.2 Å². The second kappa shape index (κ2) is 7.98. The van der Waals surface area contributed by atoms with Crippen LogP contribution in [0.1, 0.15) is 56.8 Å².